The zero-order valence-electron chi connectivity index (χ0n) is 11.4. The van der Waals surface area contributed by atoms with E-state index in [4.69, 9.17) is 0 Å². The molecular formula is C14H24INO2. The lowest BCUT2D eigenvalue weighted by atomic mass is 10.0. The summed E-state index contributed by atoms with van der Waals surface area (Å²) in [6.07, 6.45) is 10.6. The van der Waals surface area contributed by atoms with Crippen LogP contribution in [0.15, 0.2) is 24.3 Å². The summed E-state index contributed by atoms with van der Waals surface area (Å²) >= 11 is 2.34. The van der Waals surface area contributed by atoms with Gasteiger partial charge in [0.05, 0.1) is 0 Å². The van der Waals surface area contributed by atoms with Crippen molar-refractivity contribution in [3.63, 3.8) is 0 Å². The molecule has 0 aliphatic carbocycles. The van der Waals surface area contributed by atoms with E-state index in [1.54, 1.807) is 6.92 Å². The first-order valence-electron chi connectivity index (χ1n) is 6.35. The quantitative estimate of drug-likeness (QED) is 0.395. The smallest absolute Gasteiger partial charge is 0.252 e. The van der Waals surface area contributed by atoms with Crippen molar-refractivity contribution in [2.24, 2.45) is 0 Å². The molecule has 2 N–H and O–H groups in total. The molecule has 0 aromatic heterocycles. The molecule has 0 saturated carbocycles. The van der Waals surface area contributed by atoms with Crippen LogP contribution in [-0.2, 0) is 4.79 Å². The molecule has 0 spiro atoms. The van der Waals surface area contributed by atoms with E-state index in [9.17, 15) is 9.90 Å². The van der Waals surface area contributed by atoms with E-state index < -0.39 is 5.60 Å². The normalized spacial score (nSPS) is 16.9. The Balaban J connectivity index is 4.00. The van der Waals surface area contributed by atoms with Gasteiger partial charge in [0, 0.05) is 10.5 Å². The summed E-state index contributed by atoms with van der Waals surface area (Å²) in [6.45, 7) is 5.22. The Morgan fingerprint density at radius 1 is 1.44 bits per heavy atom. The summed E-state index contributed by atoms with van der Waals surface area (Å²) in [7, 11) is 0. The molecule has 4 heteroatoms. The average molecular weight is 365 g/mol. The van der Waals surface area contributed by atoms with Crippen molar-refractivity contribution in [3.8, 4) is 0 Å². The number of nitrogens with one attached hydrogen (secondary N) is 1. The first-order valence-corrected chi connectivity index (χ1v) is 7.87. The van der Waals surface area contributed by atoms with Crippen LogP contribution in [0, 0.1) is 0 Å². The third-order valence-corrected chi connectivity index (χ3v) is 3.30. The molecule has 0 rings (SSSR count). The minimum absolute atomic E-state index is 0.0616. The van der Waals surface area contributed by atoms with Gasteiger partial charge in [-0.05, 0) is 33.1 Å². The second-order valence-corrected chi connectivity index (χ2v) is 5.58. The van der Waals surface area contributed by atoms with E-state index in [0.29, 0.717) is 6.42 Å². The van der Waals surface area contributed by atoms with Crippen LogP contribution in [0.2, 0.25) is 0 Å². The van der Waals surface area contributed by atoms with Gasteiger partial charge in [-0.1, -0.05) is 53.8 Å². The van der Waals surface area contributed by atoms with Crippen LogP contribution in [-0.4, -0.2) is 27.1 Å². The predicted octanol–water partition coefficient (Wildman–Crippen LogP) is 2.98. The van der Waals surface area contributed by atoms with Gasteiger partial charge in [-0.3, -0.25) is 4.79 Å². The van der Waals surface area contributed by atoms with Gasteiger partial charge in [0.25, 0.3) is 5.91 Å². The summed E-state index contributed by atoms with van der Waals surface area (Å²) in [5.74, 6) is -0.317. The van der Waals surface area contributed by atoms with Crippen LogP contribution in [0.5, 0.6) is 0 Å². The number of rotatable bonds is 8. The second-order valence-electron chi connectivity index (χ2n) is 4.50. The lowest BCUT2D eigenvalue weighted by Gasteiger charge is -2.22. The number of aliphatic hydroxyl groups is 1. The van der Waals surface area contributed by atoms with Crippen molar-refractivity contribution in [3.05, 3.63) is 24.3 Å². The van der Waals surface area contributed by atoms with E-state index >= 15 is 0 Å². The molecule has 0 aliphatic rings. The predicted molar refractivity (Wildman–Crippen MR) is 84.9 cm³/mol. The number of carbonyl (C=O) groups is 1. The first-order chi connectivity index (χ1) is 8.44. The molecule has 18 heavy (non-hydrogen) atoms. The number of allylic oxidation sites excluding steroid dienone is 3. The highest BCUT2D eigenvalue weighted by Crippen LogP contribution is 2.08. The van der Waals surface area contributed by atoms with Crippen molar-refractivity contribution in [1.29, 1.82) is 0 Å². The van der Waals surface area contributed by atoms with Crippen LogP contribution in [0.25, 0.3) is 0 Å². The fraction of sp³-hybridized carbons (Fsp3) is 0.643. The lowest BCUT2D eigenvalue weighted by Crippen LogP contribution is -2.46. The molecule has 1 amide bonds. The highest BCUT2D eigenvalue weighted by Gasteiger charge is 2.28. The zero-order valence-corrected chi connectivity index (χ0v) is 13.6. The van der Waals surface area contributed by atoms with Crippen molar-refractivity contribution in [2.45, 2.75) is 51.7 Å². The van der Waals surface area contributed by atoms with Gasteiger partial charge in [0.2, 0.25) is 0 Å². The maximum absolute atomic E-state index is 11.7. The fourth-order valence-electron chi connectivity index (χ4n) is 1.21. The van der Waals surface area contributed by atoms with Crippen molar-refractivity contribution >= 4 is 28.5 Å². The molecule has 0 aliphatic heterocycles. The number of alkyl halides is 1. The van der Waals surface area contributed by atoms with Gasteiger partial charge in [0.1, 0.15) is 5.60 Å². The number of carbonyl (C=O) groups excluding carboxylic acids is 1. The van der Waals surface area contributed by atoms with Gasteiger partial charge < -0.3 is 10.4 Å². The van der Waals surface area contributed by atoms with Crippen LogP contribution < -0.4 is 5.32 Å². The molecule has 0 saturated heterocycles. The Labute approximate surface area is 124 Å². The van der Waals surface area contributed by atoms with Gasteiger partial charge in [0.15, 0.2) is 0 Å². The Bertz CT molecular complexity index is 298. The minimum Gasteiger partial charge on any atom is -0.380 e. The molecule has 2 unspecified atom stereocenters. The average Bonchev–Trinajstić information content (AvgIpc) is 2.33. The Morgan fingerprint density at radius 2 is 2.11 bits per heavy atom. The lowest BCUT2D eigenvalue weighted by molar-refractivity contribution is -0.138. The molecule has 0 radical (unpaired) electrons. The standard InChI is InChI=1S/C14H24INO2/c1-4-14(3,18)13(17)16-12(2)10-8-6-5-7-9-11-15/h5,7-8,10,12,18H,4,6,9,11H2,1-3H3,(H,16,17)/b7-5-,10-8+. The van der Waals surface area contributed by atoms with Gasteiger partial charge in [-0.15, -0.1) is 0 Å². The van der Waals surface area contributed by atoms with E-state index in [1.165, 1.54) is 6.92 Å². The van der Waals surface area contributed by atoms with Gasteiger partial charge in [-0.2, -0.15) is 0 Å². The van der Waals surface area contributed by atoms with Crippen LogP contribution >= 0.6 is 22.6 Å². The Morgan fingerprint density at radius 3 is 2.67 bits per heavy atom. The van der Waals surface area contributed by atoms with Gasteiger partial charge in [-0.25, -0.2) is 0 Å². The monoisotopic (exact) mass is 365 g/mol. The highest BCUT2D eigenvalue weighted by atomic mass is 127. The van der Waals surface area contributed by atoms with E-state index in [1.807, 2.05) is 19.1 Å². The number of amides is 1. The molecule has 2 atom stereocenters. The van der Waals surface area contributed by atoms with Crippen LogP contribution in [0.3, 0.4) is 0 Å². The van der Waals surface area contributed by atoms with E-state index in [0.717, 1.165) is 17.3 Å². The third-order valence-electron chi connectivity index (χ3n) is 2.68. The number of hydrogen-bond acceptors (Lipinski definition) is 2. The largest absolute Gasteiger partial charge is 0.380 e. The summed E-state index contributed by atoms with van der Waals surface area (Å²) in [5.41, 5.74) is -1.28. The molecule has 0 bridgehead atoms. The fourth-order valence-corrected chi connectivity index (χ4v) is 1.57. The zero-order chi connectivity index (χ0) is 14.0. The maximum Gasteiger partial charge on any atom is 0.252 e. The summed E-state index contributed by atoms with van der Waals surface area (Å²) in [5, 5.41) is 12.5. The van der Waals surface area contributed by atoms with Crippen molar-refractivity contribution < 1.29 is 9.90 Å². The topological polar surface area (TPSA) is 49.3 Å². The highest BCUT2D eigenvalue weighted by molar-refractivity contribution is 14.1. The number of halogens is 1. The SMILES string of the molecule is CCC(C)(O)C(=O)NC(C)/C=C/C/C=C\CCI. The Kier molecular flexibility index (Phi) is 9.36. The van der Waals surface area contributed by atoms with Crippen LogP contribution in [0.4, 0.5) is 0 Å². The molecule has 0 aromatic rings. The number of hydrogen-bond donors (Lipinski definition) is 2. The molecule has 3 nitrogen and oxygen atoms in total. The molecule has 104 valence electrons. The third kappa shape index (κ3) is 7.87. The van der Waals surface area contributed by atoms with E-state index in [-0.39, 0.29) is 11.9 Å². The summed E-state index contributed by atoms with van der Waals surface area (Å²) in [6, 6.07) is -0.0616. The van der Waals surface area contributed by atoms with Crippen LogP contribution in [0.1, 0.15) is 40.0 Å². The minimum atomic E-state index is -1.28. The Hall–Kier alpha value is -0.360. The second kappa shape index (κ2) is 9.55. The van der Waals surface area contributed by atoms with Gasteiger partial charge >= 0.3 is 0 Å². The molecule has 0 aromatic carbocycles. The molecule has 0 fully saturated rings. The van der Waals surface area contributed by atoms with E-state index in [2.05, 4.69) is 40.1 Å². The van der Waals surface area contributed by atoms with Crippen molar-refractivity contribution in [1.82, 2.24) is 5.32 Å². The van der Waals surface area contributed by atoms with Crippen molar-refractivity contribution in [2.75, 3.05) is 4.43 Å². The molecule has 0 heterocycles. The summed E-state index contributed by atoms with van der Waals surface area (Å²) in [4.78, 5) is 11.7. The maximum atomic E-state index is 11.7. The summed E-state index contributed by atoms with van der Waals surface area (Å²) < 4.78 is 1.14. The first kappa shape index (κ1) is 17.6. The molecular weight excluding hydrogens is 341 g/mol.